The van der Waals surface area contributed by atoms with E-state index in [2.05, 4.69) is 53.1 Å². The quantitative estimate of drug-likeness (QED) is 0.273. The van der Waals surface area contributed by atoms with Crippen molar-refractivity contribution in [3.05, 3.63) is 91.0 Å². The summed E-state index contributed by atoms with van der Waals surface area (Å²) in [6, 6.07) is 18.0. The van der Waals surface area contributed by atoms with E-state index < -0.39 is 8.32 Å². The summed E-state index contributed by atoms with van der Waals surface area (Å²) in [5.74, 6) is 0.161. The second-order valence-corrected chi connectivity index (χ2v) is 16.3. The molecule has 0 spiro atoms. The van der Waals surface area contributed by atoms with Crippen molar-refractivity contribution >= 4 is 32.4 Å². The van der Waals surface area contributed by atoms with Crippen LogP contribution in [0.4, 0.5) is 0 Å². The van der Waals surface area contributed by atoms with Crippen molar-refractivity contribution in [2.24, 2.45) is 5.92 Å². The number of hydrogen-bond donors (Lipinski definition) is 0. The molecule has 0 aromatic heterocycles. The van der Waals surface area contributed by atoms with Crippen molar-refractivity contribution in [3.63, 3.8) is 0 Å². The molecule has 2 aromatic carbocycles. The molecule has 0 heterocycles. The molecule has 4 heteroatoms. The van der Waals surface area contributed by atoms with Gasteiger partial charge in [-0.05, 0) is 0 Å². The Morgan fingerprint density at radius 2 is 1.65 bits per heavy atom. The summed E-state index contributed by atoms with van der Waals surface area (Å²) in [7, 11) is -1.92. The summed E-state index contributed by atoms with van der Waals surface area (Å²) in [5, 5.41) is 0.137. The Kier molecular flexibility index (Phi) is 9.26. The molecular formula is C27H36O2SeSi. The van der Waals surface area contributed by atoms with Crippen LogP contribution in [-0.4, -0.2) is 34.1 Å². The van der Waals surface area contributed by atoms with Crippen LogP contribution in [0.5, 0.6) is 0 Å². The fraction of sp³-hybridized carbons (Fsp3) is 0.370. The third-order valence-electron chi connectivity index (χ3n) is 6.13. The predicted molar refractivity (Wildman–Crippen MR) is 137 cm³/mol. The summed E-state index contributed by atoms with van der Waals surface area (Å²) in [4.78, 5) is 13.0. The number of rotatable bonds is 11. The van der Waals surface area contributed by atoms with Gasteiger partial charge in [-0.2, -0.15) is 0 Å². The molecular weight excluding hydrogens is 463 g/mol. The zero-order valence-electron chi connectivity index (χ0n) is 19.6. The van der Waals surface area contributed by atoms with Gasteiger partial charge in [0.05, 0.1) is 0 Å². The molecule has 0 saturated heterocycles. The minimum atomic E-state index is -1.92. The van der Waals surface area contributed by atoms with E-state index in [9.17, 15) is 4.79 Å². The molecule has 0 N–H and O–H groups in total. The van der Waals surface area contributed by atoms with Gasteiger partial charge in [-0.25, -0.2) is 0 Å². The predicted octanol–water partition coefficient (Wildman–Crippen LogP) is 6.17. The summed E-state index contributed by atoms with van der Waals surface area (Å²) < 4.78 is 7.96. The number of hydrogen-bond acceptors (Lipinski definition) is 2. The summed E-state index contributed by atoms with van der Waals surface area (Å²) in [6.45, 7) is 19.4. The molecule has 0 aliphatic carbocycles. The van der Waals surface area contributed by atoms with Gasteiger partial charge >= 0.3 is 196 Å². The van der Waals surface area contributed by atoms with Gasteiger partial charge < -0.3 is 0 Å². The molecule has 0 amide bonds. The van der Waals surface area contributed by atoms with Crippen LogP contribution in [0.2, 0.25) is 18.1 Å². The van der Waals surface area contributed by atoms with Gasteiger partial charge in [0.15, 0.2) is 0 Å². The Hall–Kier alpha value is -1.71. The molecule has 0 aliphatic heterocycles. The molecule has 1 unspecified atom stereocenters. The van der Waals surface area contributed by atoms with Crippen molar-refractivity contribution in [3.8, 4) is 0 Å². The van der Waals surface area contributed by atoms with Crippen LogP contribution in [0.25, 0.3) is 0 Å². The van der Waals surface area contributed by atoms with E-state index in [4.69, 9.17) is 4.43 Å². The first-order valence-corrected chi connectivity index (χ1v) is 15.5. The molecule has 0 fully saturated rings. The third kappa shape index (κ3) is 7.15. The zero-order valence-corrected chi connectivity index (χ0v) is 22.3. The Labute approximate surface area is 196 Å². The van der Waals surface area contributed by atoms with Crippen LogP contribution in [-0.2, 0) is 10.8 Å². The molecule has 0 saturated carbocycles. The van der Waals surface area contributed by atoms with E-state index in [1.54, 1.807) is 0 Å². The Morgan fingerprint density at radius 1 is 1.03 bits per heavy atom. The summed E-state index contributed by atoms with van der Waals surface area (Å²) >= 11 is -0.218. The molecule has 2 atom stereocenters. The fourth-order valence-corrected chi connectivity index (χ4v) is 6.17. The van der Waals surface area contributed by atoms with Gasteiger partial charge in [-0.3, -0.25) is 0 Å². The van der Waals surface area contributed by atoms with Gasteiger partial charge in [-0.15, -0.1) is 0 Å². The SMILES string of the molecule is C=CC(O[Si](C)(C)C(C)(C)C)[C@@H](C=C)CCc1ccccc1C(=O)[Se]c1ccccc1. The van der Waals surface area contributed by atoms with E-state index >= 15 is 0 Å². The van der Waals surface area contributed by atoms with Crippen LogP contribution in [0.1, 0.15) is 43.1 Å². The molecule has 2 rings (SSSR count). The standard InChI is InChI=1S/C27H36O2SeSi/c1-8-21(25(9-2)29-31(6,7)27(3,4)5)19-20-22-15-13-14-18-24(22)26(28)30-23-16-11-10-12-17-23/h8-18,21,25H,1-2,19-20H2,3-7H3/t21-,25?/m0/s1. The van der Waals surface area contributed by atoms with Crippen molar-refractivity contribution < 1.29 is 9.22 Å². The van der Waals surface area contributed by atoms with E-state index in [1.807, 2.05) is 60.7 Å². The van der Waals surface area contributed by atoms with Gasteiger partial charge in [0.1, 0.15) is 0 Å². The molecule has 0 aliphatic rings. The maximum atomic E-state index is 13.0. The van der Waals surface area contributed by atoms with Crippen LogP contribution in [0, 0.1) is 5.92 Å². The van der Waals surface area contributed by atoms with Crippen LogP contribution in [0.15, 0.2) is 79.9 Å². The molecule has 31 heavy (non-hydrogen) atoms. The van der Waals surface area contributed by atoms with E-state index in [-0.39, 0.29) is 36.7 Å². The number of carbonyl (C=O) groups is 1. The van der Waals surface area contributed by atoms with Crippen molar-refractivity contribution in [2.75, 3.05) is 0 Å². The Morgan fingerprint density at radius 3 is 2.23 bits per heavy atom. The monoisotopic (exact) mass is 500 g/mol. The average molecular weight is 500 g/mol. The first-order valence-electron chi connectivity index (χ1n) is 10.9. The first-order chi connectivity index (χ1) is 14.6. The average Bonchev–Trinajstić information content (AvgIpc) is 2.73. The first kappa shape index (κ1) is 25.5. The third-order valence-corrected chi connectivity index (χ3v) is 12.5. The second-order valence-electron chi connectivity index (χ2n) is 9.38. The van der Waals surface area contributed by atoms with Gasteiger partial charge in [-0.1, -0.05) is 0 Å². The molecule has 0 bridgehead atoms. The van der Waals surface area contributed by atoms with Gasteiger partial charge in [0.25, 0.3) is 0 Å². The zero-order chi connectivity index (χ0) is 23.1. The van der Waals surface area contributed by atoms with E-state index in [0.29, 0.717) is 0 Å². The number of carbonyl (C=O) groups excluding carboxylic acids is 1. The minimum absolute atomic E-state index is 0.0604. The van der Waals surface area contributed by atoms with Gasteiger partial charge in [0, 0.05) is 0 Å². The summed E-state index contributed by atoms with van der Waals surface area (Å²) in [5.41, 5.74) is 1.95. The van der Waals surface area contributed by atoms with Crippen molar-refractivity contribution in [1.82, 2.24) is 0 Å². The van der Waals surface area contributed by atoms with Crippen LogP contribution >= 0.6 is 0 Å². The second kappa shape index (κ2) is 11.2. The van der Waals surface area contributed by atoms with Gasteiger partial charge in [0.2, 0.25) is 0 Å². The normalized spacial score (nSPS) is 14.0. The molecule has 2 aromatic rings. The molecule has 166 valence electrons. The van der Waals surface area contributed by atoms with Crippen LogP contribution < -0.4 is 4.46 Å². The topological polar surface area (TPSA) is 26.3 Å². The van der Waals surface area contributed by atoms with E-state index in [1.165, 1.54) is 0 Å². The molecule has 0 radical (unpaired) electrons. The Bertz CT molecular complexity index is 884. The molecule has 2 nitrogen and oxygen atoms in total. The maximum absolute atomic E-state index is 13.0. The Balaban J connectivity index is 2.12. The van der Waals surface area contributed by atoms with Crippen molar-refractivity contribution in [1.29, 1.82) is 0 Å². The number of benzene rings is 2. The van der Waals surface area contributed by atoms with Crippen LogP contribution in [0.3, 0.4) is 0 Å². The summed E-state index contributed by atoms with van der Waals surface area (Å²) in [6.07, 6.45) is 5.53. The fourth-order valence-electron chi connectivity index (χ4n) is 3.15. The number of aryl methyl sites for hydroxylation is 1. The van der Waals surface area contributed by atoms with Crippen molar-refractivity contribution in [2.45, 2.75) is 57.8 Å². The van der Waals surface area contributed by atoms with E-state index in [0.717, 1.165) is 28.4 Å².